The second-order valence-electron chi connectivity index (χ2n) is 2.93. The Kier molecular flexibility index (Phi) is 11.8. The summed E-state index contributed by atoms with van der Waals surface area (Å²) in [6, 6.07) is 0. The third-order valence-corrected chi connectivity index (χ3v) is 2.48. The van der Waals surface area contributed by atoms with E-state index in [-0.39, 0.29) is 0 Å². The number of nitrogens with zero attached hydrogens (tertiary/aromatic N) is 2. The first kappa shape index (κ1) is 15.4. The highest BCUT2D eigenvalue weighted by Gasteiger charge is 2.12. The van der Waals surface area contributed by atoms with Crippen LogP contribution < -0.4 is 0 Å². The molecule has 0 radical (unpaired) electrons. The lowest BCUT2D eigenvalue weighted by atomic mass is 10.4. The third-order valence-electron chi connectivity index (χ3n) is 2.48. The molecule has 1 unspecified atom stereocenters. The monoisotopic (exact) mass is 188 g/mol. The van der Waals surface area contributed by atoms with Gasteiger partial charge in [-0.15, -0.1) is 0 Å². The van der Waals surface area contributed by atoms with E-state index in [1.807, 2.05) is 13.8 Å². The van der Waals surface area contributed by atoms with Crippen molar-refractivity contribution in [2.45, 2.75) is 47.7 Å². The average molecular weight is 188 g/mol. The van der Waals surface area contributed by atoms with Crippen LogP contribution in [0.3, 0.4) is 0 Å². The van der Waals surface area contributed by atoms with Gasteiger partial charge in [0, 0.05) is 0 Å². The summed E-state index contributed by atoms with van der Waals surface area (Å²) in [7, 11) is 2.17. The van der Waals surface area contributed by atoms with E-state index in [2.05, 4.69) is 44.5 Å². The largest absolute Gasteiger partial charge is 0.291 e. The molecule has 82 valence electrons. The molecule has 0 heterocycles. The van der Waals surface area contributed by atoms with Crippen molar-refractivity contribution in [3.05, 3.63) is 0 Å². The molecule has 13 heavy (non-hydrogen) atoms. The Hall–Kier alpha value is -0.0800. The third kappa shape index (κ3) is 6.05. The van der Waals surface area contributed by atoms with Crippen LogP contribution in [-0.4, -0.2) is 42.6 Å². The van der Waals surface area contributed by atoms with Crippen LogP contribution >= 0.6 is 0 Å². The summed E-state index contributed by atoms with van der Waals surface area (Å²) in [6.45, 7) is 16.3. The highest BCUT2D eigenvalue weighted by Crippen LogP contribution is 2.01. The van der Waals surface area contributed by atoms with Gasteiger partial charge in [0.1, 0.15) is 0 Å². The lowest BCUT2D eigenvalue weighted by Gasteiger charge is -2.33. The molecule has 0 amide bonds. The zero-order valence-corrected chi connectivity index (χ0v) is 10.6. The maximum atomic E-state index is 2.45. The molecule has 0 aliphatic rings. The maximum Gasteiger partial charge on any atom is 0.0590 e. The van der Waals surface area contributed by atoms with Crippen LogP contribution in [0.1, 0.15) is 41.5 Å². The molecule has 1 atom stereocenters. The van der Waals surface area contributed by atoms with E-state index in [0.717, 1.165) is 19.6 Å². The van der Waals surface area contributed by atoms with Crippen molar-refractivity contribution in [2.24, 2.45) is 0 Å². The molecule has 0 bridgehead atoms. The van der Waals surface area contributed by atoms with E-state index in [4.69, 9.17) is 0 Å². The first-order valence-electron chi connectivity index (χ1n) is 5.61. The highest BCUT2D eigenvalue weighted by atomic mass is 15.3. The summed E-state index contributed by atoms with van der Waals surface area (Å²) in [5.74, 6) is 0. The maximum absolute atomic E-state index is 2.45. The minimum Gasteiger partial charge on any atom is -0.291 e. The lowest BCUT2D eigenvalue weighted by Crippen LogP contribution is -2.44. The summed E-state index contributed by atoms with van der Waals surface area (Å²) < 4.78 is 0. The molecular weight excluding hydrogens is 160 g/mol. The van der Waals surface area contributed by atoms with Crippen LogP contribution in [0.15, 0.2) is 0 Å². The van der Waals surface area contributed by atoms with Gasteiger partial charge in [-0.05, 0) is 33.6 Å². The van der Waals surface area contributed by atoms with Crippen LogP contribution in [-0.2, 0) is 0 Å². The second-order valence-corrected chi connectivity index (χ2v) is 2.93. The van der Waals surface area contributed by atoms with E-state index >= 15 is 0 Å². The molecule has 0 saturated heterocycles. The minimum atomic E-state index is 0.579. The Balaban J connectivity index is 0. The molecule has 2 heteroatoms. The Bertz CT molecular complexity index is 90.1. The smallest absolute Gasteiger partial charge is 0.0590 e. The van der Waals surface area contributed by atoms with E-state index in [1.54, 1.807) is 0 Å². The van der Waals surface area contributed by atoms with E-state index < -0.39 is 0 Å². The Labute approximate surface area is 84.9 Å². The topological polar surface area (TPSA) is 6.48 Å². The Morgan fingerprint density at radius 2 is 1.31 bits per heavy atom. The molecular formula is C11H28N2. The van der Waals surface area contributed by atoms with Crippen molar-refractivity contribution in [1.29, 1.82) is 0 Å². The SMILES string of the molecule is CC.CCN(C)C(C)N(CC)CC. The van der Waals surface area contributed by atoms with Crippen LogP contribution in [0.25, 0.3) is 0 Å². The molecule has 2 nitrogen and oxygen atoms in total. The van der Waals surface area contributed by atoms with E-state index in [1.165, 1.54) is 0 Å². The molecule has 0 rings (SSSR count). The van der Waals surface area contributed by atoms with Crippen molar-refractivity contribution in [3.63, 3.8) is 0 Å². The average Bonchev–Trinajstić information content (AvgIpc) is 2.21. The fourth-order valence-electron chi connectivity index (χ4n) is 1.30. The first-order chi connectivity index (χ1) is 6.17. The van der Waals surface area contributed by atoms with Crippen molar-refractivity contribution in [3.8, 4) is 0 Å². The summed E-state index contributed by atoms with van der Waals surface area (Å²) in [4.78, 5) is 4.80. The van der Waals surface area contributed by atoms with Crippen molar-refractivity contribution in [1.82, 2.24) is 9.80 Å². The van der Waals surface area contributed by atoms with Crippen molar-refractivity contribution in [2.75, 3.05) is 26.7 Å². The van der Waals surface area contributed by atoms with E-state index in [9.17, 15) is 0 Å². The van der Waals surface area contributed by atoms with Crippen LogP contribution in [0.4, 0.5) is 0 Å². The molecule has 0 aromatic carbocycles. The van der Waals surface area contributed by atoms with Crippen LogP contribution in [0.2, 0.25) is 0 Å². The fraction of sp³-hybridized carbons (Fsp3) is 1.00. The minimum absolute atomic E-state index is 0.579. The highest BCUT2D eigenvalue weighted by molar-refractivity contribution is 4.62. The van der Waals surface area contributed by atoms with Gasteiger partial charge in [-0.3, -0.25) is 9.80 Å². The molecule has 0 N–H and O–H groups in total. The predicted molar refractivity (Wildman–Crippen MR) is 62.0 cm³/mol. The molecule has 0 spiro atoms. The molecule has 0 aromatic heterocycles. The summed E-state index contributed by atoms with van der Waals surface area (Å²) in [5.41, 5.74) is 0. The first-order valence-corrected chi connectivity index (χ1v) is 5.61. The standard InChI is InChI=1S/C9H22N2.C2H6/c1-6-10(5)9(4)11(7-2)8-3;1-2/h9H,6-8H2,1-5H3;1-2H3. The van der Waals surface area contributed by atoms with Gasteiger partial charge >= 0.3 is 0 Å². The number of hydrogen-bond acceptors (Lipinski definition) is 2. The van der Waals surface area contributed by atoms with Gasteiger partial charge in [-0.25, -0.2) is 0 Å². The quantitative estimate of drug-likeness (QED) is 0.612. The normalized spacial score (nSPS) is 12.7. The molecule has 0 fully saturated rings. The molecule has 0 saturated carbocycles. The van der Waals surface area contributed by atoms with E-state index in [0.29, 0.717) is 6.17 Å². The Morgan fingerprint density at radius 1 is 0.923 bits per heavy atom. The zero-order chi connectivity index (χ0) is 10.9. The molecule has 0 aliphatic heterocycles. The Morgan fingerprint density at radius 3 is 1.54 bits per heavy atom. The van der Waals surface area contributed by atoms with Crippen molar-refractivity contribution < 1.29 is 0 Å². The second kappa shape index (κ2) is 10.0. The van der Waals surface area contributed by atoms with Crippen LogP contribution in [0.5, 0.6) is 0 Å². The van der Waals surface area contributed by atoms with Gasteiger partial charge in [-0.2, -0.15) is 0 Å². The van der Waals surface area contributed by atoms with Gasteiger partial charge in [-0.1, -0.05) is 34.6 Å². The number of rotatable bonds is 5. The predicted octanol–water partition coefficient (Wildman–Crippen LogP) is 2.65. The van der Waals surface area contributed by atoms with Gasteiger partial charge in [0.2, 0.25) is 0 Å². The number of hydrogen-bond donors (Lipinski definition) is 0. The summed E-state index contributed by atoms with van der Waals surface area (Å²) in [6.07, 6.45) is 0.579. The van der Waals surface area contributed by atoms with Crippen LogP contribution in [0, 0.1) is 0 Å². The van der Waals surface area contributed by atoms with Gasteiger partial charge in [0.05, 0.1) is 6.17 Å². The summed E-state index contributed by atoms with van der Waals surface area (Å²) >= 11 is 0. The zero-order valence-electron chi connectivity index (χ0n) is 10.6. The van der Waals surface area contributed by atoms with Gasteiger partial charge in [0.15, 0.2) is 0 Å². The molecule has 0 aromatic rings. The fourth-order valence-corrected chi connectivity index (χ4v) is 1.30. The van der Waals surface area contributed by atoms with Gasteiger partial charge < -0.3 is 0 Å². The van der Waals surface area contributed by atoms with Crippen molar-refractivity contribution >= 4 is 0 Å². The van der Waals surface area contributed by atoms with Gasteiger partial charge in [0.25, 0.3) is 0 Å². The lowest BCUT2D eigenvalue weighted by molar-refractivity contribution is 0.0883. The summed E-state index contributed by atoms with van der Waals surface area (Å²) in [5, 5.41) is 0. The molecule has 0 aliphatic carbocycles.